The Balaban J connectivity index is 1.94. The van der Waals surface area contributed by atoms with Crippen LogP contribution in [0, 0.1) is 0 Å². The van der Waals surface area contributed by atoms with Crippen molar-refractivity contribution >= 4 is 11.9 Å². The largest absolute Gasteiger partial charge is 0.872 e. The Hall–Kier alpha value is -2.99. The zero-order chi connectivity index (χ0) is 23.1. The average molecular weight is 440 g/mol. The van der Waals surface area contributed by atoms with Gasteiger partial charge in [0.05, 0.1) is 32.9 Å². The quantitative estimate of drug-likeness (QED) is 0.544. The number of carbonyl (C=O) groups is 1. The predicted octanol–water partition coefficient (Wildman–Crippen LogP) is 3.38. The van der Waals surface area contributed by atoms with Crippen LogP contribution in [0.3, 0.4) is 0 Å². The van der Waals surface area contributed by atoms with E-state index >= 15 is 0 Å². The number of para-hydroxylation sites is 1. The zero-order valence-electron chi connectivity index (χ0n) is 19.5. The normalized spacial score (nSPS) is 14.0. The van der Waals surface area contributed by atoms with Crippen molar-refractivity contribution in [1.82, 2.24) is 0 Å². The molecule has 0 aromatic heterocycles. The predicted molar refractivity (Wildman–Crippen MR) is 123 cm³/mol. The lowest BCUT2D eigenvalue weighted by Crippen LogP contribution is -3.10. The monoisotopic (exact) mass is 439 g/mol. The fraction of sp³-hybridized carbons (Fsp3) is 0.423. The van der Waals surface area contributed by atoms with E-state index in [2.05, 4.69) is 13.8 Å². The average Bonchev–Trinajstić information content (AvgIpc) is 3.12. The van der Waals surface area contributed by atoms with Gasteiger partial charge in [-0.2, -0.15) is 0 Å². The van der Waals surface area contributed by atoms with E-state index in [0.29, 0.717) is 40.5 Å². The van der Waals surface area contributed by atoms with E-state index in [-0.39, 0.29) is 17.3 Å². The Kier molecular flexibility index (Phi) is 8.17. The molecule has 0 aliphatic carbocycles. The van der Waals surface area contributed by atoms with Crippen molar-refractivity contribution in [3.63, 3.8) is 0 Å². The van der Waals surface area contributed by atoms with Gasteiger partial charge in [-0.25, -0.2) is 0 Å². The van der Waals surface area contributed by atoms with E-state index < -0.39 is 0 Å². The van der Waals surface area contributed by atoms with Gasteiger partial charge in [-0.15, -0.1) is 0 Å². The van der Waals surface area contributed by atoms with Gasteiger partial charge in [0.15, 0.2) is 17.3 Å². The third-order valence-electron chi connectivity index (χ3n) is 5.81. The van der Waals surface area contributed by atoms with Gasteiger partial charge < -0.3 is 24.2 Å². The molecule has 1 aliphatic rings. The Morgan fingerprint density at radius 2 is 1.75 bits per heavy atom. The van der Waals surface area contributed by atoms with Gasteiger partial charge in [-0.1, -0.05) is 50.6 Å². The van der Waals surface area contributed by atoms with E-state index in [0.717, 1.165) is 38.8 Å². The number of benzene rings is 2. The Bertz CT molecular complexity index is 974. The smallest absolute Gasteiger partial charge is 0.231 e. The third kappa shape index (κ3) is 5.07. The van der Waals surface area contributed by atoms with Crippen LogP contribution in [-0.2, 0) is 6.54 Å². The van der Waals surface area contributed by atoms with Crippen LogP contribution in [0.25, 0.3) is 6.08 Å². The molecule has 1 N–H and O–H groups in total. The molecule has 0 bridgehead atoms. The highest BCUT2D eigenvalue weighted by molar-refractivity contribution is 6.15. The number of unbranched alkanes of at least 4 members (excludes halogenated alkanes) is 2. The summed E-state index contributed by atoms with van der Waals surface area (Å²) in [5, 5.41) is 12.8. The van der Waals surface area contributed by atoms with Crippen LogP contribution < -0.4 is 24.2 Å². The molecule has 6 heteroatoms. The molecule has 2 aromatic rings. The second-order valence-electron chi connectivity index (χ2n) is 8.08. The van der Waals surface area contributed by atoms with Gasteiger partial charge >= 0.3 is 0 Å². The molecule has 172 valence electrons. The van der Waals surface area contributed by atoms with Crippen LogP contribution in [0.1, 0.15) is 61.0 Å². The molecular formula is C26H33NO5. The summed E-state index contributed by atoms with van der Waals surface area (Å²) in [7, 11) is 3.12. The highest BCUT2D eigenvalue weighted by Crippen LogP contribution is 2.39. The van der Waals surface area contributed by atoms with E-state index in [1.54, 1.807) is 32.4 Å². The maximum atomic E-state index is 13.1. The maximum Gasteiger partial charge on any atom is 0.231 e. The molecule has 0 amide bonds. The lowest BCUT2D eigenvalue weighted by atomic mass is 10.0. The lowest BCUT2D eigenvalue weighted by molar-refractivity contribution is -0.914. The first-order chi connectivity index (χ1) is 15.5. The number of fused-ring (bicyclic) bond motifs is 1. The van der Waals surface area contributed by atoms with Gasteiger partial charge in [0, 0.05) is 11.1 Å². The third-order valence-corrected chi connectivity index (χ3v) is 5.81. The molecule has 3 rings (SSSR count). The SMILES string of the molecule is CCCC[NH+](CCCC)Cc1c([O-])ccc2c1OC(=Cc1cccc(OC)c1OC)C2=O. The summed E-state index contributed by atoms with van der Waals surface area (Å²) < 4.78 is 16.8. The zero-order valence-corrected chi connectivity index (χ0v) is 19.5. The molecule has 1 heterocycles. The second kappa shape index (κ2) is 11.0. The number of ether oxygens (including phenoxy) is 3. The number of nitrogens with one attached hydrogen (secondary N) is 1. The fourth-order valence-electron chi connectivity index (χ4n) is 4.03. The number of hydrogen-bond acceptors (Lipinski definition) is 5. The number of methoxy groups -OCH3 is 2. The number of quaternary nitrogens is 1. The standard InChI is InChI=1S/C26H33NO5/c1-5-7-14-27(15-8-6-2)17-20-21(28)13-12-19-24(29)23(32-26(19)20)16-18-10-9-11-22(30-3)25(18)31-4/h9-13,16,28H,5-8,14-15,17H2,1-4H3. The highest BCUT2D eigenvalue weighted by atomic mass is 16.5. The number of allylic oxidation sites excluding steroid dienone is 1. The number of carbonyl (C=O) groups excluding carboxylic acids is 1. The topological polar surface area (TPSA) is 72.3 Å². The van der Waals surface area contributed by atoms with Crippen LogP contribution in [0.4, 0.5) is 0 Å². The molecule has 0 atom stereocenters. The van der Waals surface area contributed by atoms with Crippen LogP contribution in [0.5, 0.6) is 23.0 Å². The maximum absolute atomic E-state index is 13.1. The molecule has 0 radical (unpaired) electrons. The Morgan fingerprint density at radius 1 is 1.03 bits per heavy atom. The van der Waals surface area contributed by atoms with Gasteiger partial charge in [-0.3, -0.25) is 4.79 Å². The Morgan fingerprint density at radius 3 is 2.38 bits per heavy atom. The minimum absolute atomic E-state index is 0.0812. The van der Waals surface area contributed by atoms with Gasteiger partial charge in [-0.05, 0) is 31.1 Å². The van der Waals surface area contributed by atoms with Crippen molar-refractivity contribution in [3.8, 4) is 23.0 Å². The molecule has 0 unspecified atom stereocenters. The van der Waals surface area contributed by atoms with Crippen molar-refractivity contribution in [2.24, 2.45) is 0 Å². The number of rotatable bonds is 11. The first-order valence-corrected chi connectivity index (χ1v) is 11.4. The van der Waals surface area contributed by atoms with Crippen molar-refractivity contribution in [2.45, 2.75) is 46.1 Å². The molecule has 0 saturated carbocycles. The van der Waals surface area contributed by atoms with Crippen LogP contribution in [0.15, 0.2) is 36.1 Å². The van der Waals surface area contributed by atoms with Crippen LogP contribution in [-0.4, -0.2) is 33.1 Å². The lowest BCUT2D eigenvalue weighted by Gasteiger charge is -2.23. The highest BCUT2D eigenvalue weighted by Gasteiger charge is 2.31. The summed E-state index contributed by atoms with van der Waals surface area (Å²) in [4.78, 5) is 14.4. The van der Waals surface area contributed by atoms with E-state index in [4.69, 9.17) is 14.2 Å². The van der Waals surface area contributed by atoms with Crippen molar-refractivity contribution in [3.05, 3.63) is 52.8 Å². The first-order valence-electron chi connectivity index (χ1n) is 11.4. The summed E-state index contributed by atoms with van der Waals surface area (Å²) in [5.74, 6) is 1.37. The number of ketones is 1. The van der Waals surface area contributed by atoms with Crippen molar-refractivity contribution in [2.75, 3.05) is 27.3 Å². The van der Waals surface area contributed by atoms with E-state index in [1.165, 1.54) is 11.0 Å². The minimum atomic E-state index is -0.227. The Labute approximate surface area is 190 Å². The summed E-state index contributed by atoms with van der Waals surface area (Å²) in [6.07, 6.45) is 6.07. The molecule has 0 fully saturated rings. The summed E-state index contributed by atoms with van der Waals surface area (Å²) >= 11 is 0. The van der Waals surface area contributed by atoms with Crippen LogP contribution >= 0.6 is 0 Å². The summed E-state index contributed by atoms with van der Waals surface area (Å²) in [6, 6.07) is 8.50. The number of hydrogen-bond donors (Lipinski definition) is 1. The molecule has 2 aromatic carbocycles. The molecule has 1 aliphatic heterocycles. The second-order valence-corrected chi connectivity index (χ2v) is 8.08. The van der Waals surface area contributed by atoms with Gasteiger partial charge in [0.1, 0.15) is 12.3 Å². The molecule has 0 saturated heterocycles. The van der Waals surface area contributed by atoms with Crippen molar-refractivity contribution in [1.29, 1.82) is 0 Å². The molecule has 32 heavy (non-hydrogen) atoms. The van der Waals surface area contributed by atoms with E-state index in [9.17, 15) is 9.90 Å². The minimum Gasteiger partial charge on any atom is -0.872 e. The summed E-state index contributed by atoms with van der Waals surface area (Å²) in [6.45, 7) is 6.89. The molecule has 6 nitrogen and oxygen atoms in total. The molecule has 0 spiro atoms. The first kappa shape index (κ1) is 23.7. The van der Waals surface area contributed by atoms with E-state index in [1.807, 2.05) is 12.1 Å². The number of Topliss-reactive ketones (excluding diaryl/α,β-unsaturated/α-hetero) is 1. The van der Waals surface area contributed by atoms with Gasteiger partial charge in [0.2, 0.25) is 5.78 Å². The molecular weight excluding hydrogens is 406 g/mol. The van der Waals surface area contributed by atoms with Crippen molar-refractivity contribution < 1.29 is 29.0 Å². The summed E-state index contributed by atoms with van der Waals surface area (Å²) in [5.41, 5.74) is 1.70. The fourth-order valence-corrected chi connectivity index (χ4v) is 4.03. The van der Waals surface area contributed by atoms with Crippen LogP contribution in [0.2, 0.25) is 0 Å². The van der Waals surface area contributed by atoms with Gasteiger partial charge in [0.25, 0.3) is 0 Å².